The highest BCUT2D eigenvalue weighted by Gasteiger charge is 2.14. The minimum atomic E-state index is -0.869. The zero-order valence-electron chi connectivity index (χ0n) is 17.6. The Kier molecular flexibility index (Phi) is 9.20. The number of hydrazone groups is 1. The van der Waals surface area contributed by atoms with Crippen molar-refractivity contribution in [3.63, 3.8) is 0 Å². The van der Waals surface area contributed by atoms with E-state index in [-0.39, 0.29) is 18.6 Å². The van der Waals surface area contributed by atoms with E-state index in [1.54, 1.807) is 25.1 Å². The lowest BCUT2D eigenvalue weighted by molar-refractivity contribution is -0.139. The summed E-state index contributed by atoms with van der Waals surface area (Å²) in [7, 11) is 0. The van der Waals surface area contributed by atoms with Crippen molar-refractivity contribution in [1.29, 1.82) is 0 Å². The van der Waals surface area contributed by atoms with E-state index in [9.17, 15) is 14.4 Å². The van der Waals surface area contributed by atoms with Crippen molar-refractivity contribution < 1.29 is 19.1 Å². The molecule has 0 fully saturated rings. The second-order valence-electron chi connectivity index (χ2n) is 6.87. The predicted molar refractivity (Wildman–Crippen MR) is 123 cm³/mol. The van der Waals surface area contributed by atoms with E-state index in [2.05, 4.69) is 37.1 Å². The first kappa shape index (κ1) is 24.1. The maximum absolute atomic E-state index is 12.2. The largest absolute Gasteiger partial charge is 0.483 e. The Bertz CT molecular complexity index is 960. The van der Waals surface area contributed by atoms with E-state index in [1.165, 1.54) is 6.21 Å². The quantitative estimate of drug-likeness (QED) is 0.301. The lowest BCUT2D eigenvalue weighted by atomic mass is 10.2. The molecule has 0 bridgehead atoms. The Morgan fingerprint density at radius 3 is 2.52 bits per heavy atom. The fourth-order valence-electron chi connectivity index (χ4n) is 2.33. The molecule has 3 N–H and O–H groups in total. The average molecular weight is 489 g/mol. The molecule has 31 heavy (non-hydrogen) atoms. The SMILES string of the molecule is CC[C@@H](C)NC(=O)C(=O)N/N=C\c1cc(Br)ccc1OCC(=O)Nc1ccc(C)cc1. The van der Waals surface area contributed by atoms with Crippen LogP contribution >= 0.6 is 15.9 Å². The Morgan fingerprint density at radius 2 is 1.84 bits per heavy atom. The molecule has 0 saturated heterocycles. The van der Waals surface area contributed by atoms with Gasteiger partial charge in [0.2, 0.25) is 0 Å². The maximum Gasteiger partial charge on any atom is 0.329 e. The highest BCUT2D eigenvalue weighted by Crippen LogP contribution is 2.22. The summed E-state index contributed by atoms with van der Waals surface area (Å²) in [4.78, 5) is 35.7. The van der Waals surface area contributed by atoms with Crippen LogP contribution in [0.2, 0.25) is 0 Å². The third-order valence-electron chi connectivity index (χ3n) is 4.23. The molecule has 8 nitrogen and oxygen atoms in total. The second-order valence-corrected chi connectivity index (χ2v) is 7.78. The van der Waals surface area contributed by atoms with Crippen molar-refractivity contribution >= 4 is 45.6 Å². The van der Waals surface area contributed by atoms with E-state index in [0.29, 0.717) is 23.4 Å². The van der Waals surface area contributed by atoms with Gasteiger partial charge in [-0.1, -0.05) is 40.5 Å². The summed E-state index contributed by atoms with van der Waals surface area (Å²) in [6.07, 6.45) is 2.05. The number of carbonyl (C=O) groups excluding carboxylic acids is 3. The first-order valence-electron chi connectivity index (χ1n) is 9.71. The van der Waals surface area contributed by atoms with Crippen LogP contribution in [-0.2, 0) is 14.4 Å². The lowest BCUT2D eigenvalue weighted by Crippen LogP contribution is -2.41. The molecule has 164 valence electrons. The number of benzene rings is 2. The van der Waals surface area contributed by atoms with Crippen LogP contribution in [0.25, 0.3) is 0 Å². The van der Waals surface area contributed by atoms with Crippen molar-refractivity contribution in [2.24, 2.45) is 5.10 Å². The zero-order valence-corrected chi connectivity index (χ0v) is 19.2. The minimum Gasteiger partial charge on any atom is -0.483 e. The molecule has 3 amide bonds. The van der Waals surface area contributed by atoms with Crippen LogP contribution < -0.4 is 20.8 Å². The van der Waals surface area contributed by atoms with Gasteiger partial charge in [0.15, 0.2) is 6.61 Å². The minimum absolute atomic E-state index is 0.113. The lowest BCUT2D eigenvalue weighted by Gasteiger charge is -2.11. The molecule has 0 heterocycles. The van der Waals surface area contributed by atoms with E-state index >= 15 is 0 Å². The molecule has 0 radical (unpaired) electrons. The summed E-state index contributed by atoms with van der Waals surface area (Å²) in [5.41, 5.74) is 4.46. The van der Waals surface area contributed by atoms with Crippen molar-refractivity contribution in [3.8, 4) is 5.75 Å². The maximum atomic E-state index is 12.2. The third-order valence-corrected chi connectivity index (χ3v) is 4.73. The normalized spacial score (nSPS) is 11.6. The third kappa shape index (κ3) is 8.21. The second kappa shape index (κ2) is 11.8. The van der Waals surface area contributed by atoms with Crippen LogP contribution in [0.1, 0.15) is 31.4 Å². The highest BCUT2D eigenvalue weighted by atomic mass is 79.9. The Morgan fingerprint density at radius 1 is 1.13 bits per heavy atom. The van der Waals surface area contributed by atoms with Crippen LogP contribution in [0.15, 0.2) is 52.0 Å². The van der Waals surface area contributed by atoms with Gasteiger partial charge in [-0.05, 0) is 50.6 Å². The van der Waals surface area contributed by atoms with E-state index in [4.69, 9.17) is 4.74 Å². The van der Waals surface area contributed by atoms with Gasteiger partial charge in [-0.3, -0.25) is 14.4 Å². The molecule has 0 aliphatic heterocycles. The number of nitrogens with zero attached hydrogens (tertiary/aromatic N) is 1. The first-order chi connectivity index (χ1) is 14.8. The van der Waals surface area contributed by atoms with Gasteiger partial charge in [0.25, 0.3) is 5.91 Å². The number of nitrogens with one attached hydrogen (secondary N) is 3. The number of hydrogen-bond donors (Lipinski definition) is 3. The number of aryl methyl sites for hydroxylation is 1. The smallest absolute Gasteiger partial charge is 0.329 e. The van der Waals surface area contributed by atoms with E-state index in [0.717, 1.165) is 10.0 Å². The van der Waals surface area contributed by atoms with Crippen LogP contribution in [-0.4, -0.2) is 36.6 Å². The summed E-state index contributed by atoms with van der Waals surface area (Å²) < 4.78 is 6.36. The molecule has 0 spiro atoms. The van der Waals surface area contributed by atoms with Crippen LogP contribution in [0.3, 0.4) is 0 Å². The number of rotatable bonds is 8. The molecule has 0 saturated carbocycles. The van der Waals surface area contributed by atoms with E-state index < -0.39 is 11.8 Å². The summed E-state index contributed by atoms with van der Waals surface area (Å²) in [6.45, 7) is 5.46. The van der Waals surface area contributed by atoms with E-state index in [1.807, 2.05) is 38.1 Å². The zero-order chi connectivity index (χ0) is 22.8. The van der Waals surface area contributed by atoms with Crippen molar-refractivity contribution in [2.45, 2.75) is 33.2 Å². The highest BCUT2D eigenvalue weighted by molar-refractivity contribution is 9.10. The molecule has 0 unspecified atom stereocenters. The number of anilines is 1. The van der Waals surface area contributed by atoms with Gasteiger partial charge in [0.05, 0.1) is 6.21 Å². The van der Waals surface area contributed by atoms with Gasteiger partial charge in [-0.2, -0.15) is 5.10 Å². The van der Waals surface area contributed by atoms with Crippen LogP contribution in [0, 0.1) is 6.92 Å². The monoisotopic (exact) mass is 488 g/mol. The Balaban J connectivity index is 1.96. The van der Waals surface area contributed by atoms with Crippen LogP contribution in [0.4, 0.5) is 5.69 Å². The van der Waals surface area contributed by atoms with Gasteiger partial charge >= 0.3 is 11.8 Å². The predicted octanol–water partition coefficient (Wildman–Crippen LogP) is 3.14. The van der Waals surface area contributed by atoms with Crippen molar-refractivity contribution in [1.82, 2.24) is 10.7 Å². The Hall–Kier alpha value is -3.20. The van der Waals surface area contributed by atoms with Crippen LogP contribution in [0.5, 0.6) is 5.75 Å². The number of ether oxygens (including phenoxy) is 1. The topological polar surface area (TPSA) is 109 Å². The molecular formula is C22H25BrN4O4. The number of amides is 3. The van der Waals surface area contributed by atoms with Gasteiger partial charge in [-0.25, -0.2) is 5.43 Å². The van der Waals surface area contributed by atoms with Crippen molar-refractivity contribution in [2.75, 3.05) is 11.9 Å². The molecule has 2 rings (SSSR count). The van der Waals surface area contributed by atoms with Gasteiger partial charge < -0.3 is 15.4 Å². The molecule has 0 aliphatic carbocycles. The average Bonchev–Trinajstić information content (AvgIpc) is 2.74. The molecule has 0 aliphatic rings. The molecule has 0 aromatic heterocycles. The summed E-state index contributed by atoms with van der Waals surface area (Å²) >= 11 is 3.36. The Labute approximate surface area is 189 Å². The van der Waals surface area contributed by atoms with Gasteiger partial charge in [-0.15, -0.1) is 0 Å². The fourth-order valence-corrected chi connectivity index (χ4v) is 2.71. The molecule has 9 heteroatoms. The number of carbonyl (C=O) groups is 3. The molecule has 2 aromatic rings. The molecule has 2 aromatic carbocycles. The number of hydrogen-bond acceptors (Lipinski definition) is 5. The van der Waals surface area contributed by atoms with Crippen molar-refractivity contribution in [3.05, 3.63) is 58.1 Å². The number of halogens is 1. The van der Waals surface area contributed by atoms with Gasteiger partial charge in [0, 0.05) is 21.8 Å². The summed E-state index contributed by atoms with van der Waals surface area (Å²) in [5, 5.41) is 9.12. The molecule has 1 atom stereocenters. The molecular weight excluding hydrogens is 464 g/mol. The van der Waals surface area contributed by atoms with Gasteiger partial charge in [0.1, 0.15) is 5.75 Å². The standard InChI is InChI=1S/C22H25BrN4O4/c1-4-15(3)25-21(29)22(30)27-24-12-16-11-17(23)7-10-19(16)31-13-20(28)26-18-8-5-14(2)6-9-18/h5-12,15H,4,13H2,1-3H3,(H,25,29)(H,26,28)(H,27,30)/b24-12-/t15-/m1/s1. The summed E-state index contributed by atoms with van der Waals surface area (Å²) in [5.74, 6) is -1.55. The summed E-state index contributed by atoms with van der Waals surface area (Å²) in [6, 6.07) is 12.4. The first-order valence-corrected chi connectivity index (χ1v) is 10.5. The fraction of sp³-hybridized carbons (Fsp3) is 0.273.